The highest BCUT2D eigenvalue weighted by atomic mass is 79.9. The smallest absolute Gasteiger partial charge is 0.225 e. The first-order chi connectivity index (χ1) is 10.1. The molecule has 3 nitrogen and oxygen atoms in total. The summed E-state index contributed by atoms with van der Waals surface area (Å²) in [4.78, 5) is 12.4. The summed E-state index contributed by atoms with van der Waals surface area (Å²) in [5.41, 5.74) is 7.55. The van der Waals surface area contributed by atoms with Gasteiger partial charge in [-0.2, -0.15) is 0 Å². The van der Waals surface area contributed by atoms with Gasteiger partial charge in [0.25, 0.3) is 0 Å². The number of carbonyl (C=O) groups excluding carboxylic acids is 1. The largest absolute Gasteiger partial charge is 0.391 e. The number of nitrogens with two attached hydrogens (primary N) is 1. The maximum absolute atomic E-state index is 12.2. The van der Waals surface area contributed by atoms with Gasteiger partial charge < -0.3 is 11.1 Å². The van der Waals surface area contributed by atoms with E-state index in [0.29, 0.717) is 0 Å². The number of benzene rings is 2. The topological polar surface area (TPSA) is 55.1 Å². The second-order valence-electron chi connectivity index (χ2n) is 4.62. The Morgan fingerprint density at radius 2 is 1.90 bits per heavy atom. The molecule has 0 heterocycles. The number of amides is 1. The van der Waals surface area contributed by atoms with Crippen LogP contribution in [0, 0.1) is 0 Å². The Morgan fingerprint density at radius 3 is 2.52 bits per heavy atom. The standard InChI is InChI=1S/C16H15BrN2OS/c17-13-8-4-5-11(9-13)10-14(20)19-15(16(18)21)12-6-2-1-3-7-12/h1-9,15H,10H2,(H2,18,21)(H,19,20). The lowest BCUT2D eigenvalue weighted by Gasteiger charge is -2.18. The van der Waals surface area contributed by atoms with Crippen molar-refractivity contribution in [1.82, 2.24) is 5.32 Å². The number of thiocarbonyl (C=S) groups is 1. The molecular weight excluding hydrogens is 348 g/mol. The predicted molar refractivity (Wildman–Crippen MR) is 92.0 cm³/mol. The summed E-state index contributed by atoms with van der Waals surface area (Å²) < 4.78 is 0.946. The molecule has 1 unspecified atom stereocenters. The van der Waals surface area contributed by atoms with E-state index in [1.165, 1.54) is 0 Å². The Labute approximate surface area is 137 Å². The van der Waals surface area contributed by atoms with E-state index < -0.39 is 6.04 Å². The molecular formula is C16H15BrN2OS. The minimum Gasteiger partial charge on any atom is -0.391 e. The molecule has 0 aliphatic heterocycles. The first kappa shape index (κ1) is 15.7. The summed E-state index contributed by atoms with van der Waals surface area (Å²) in [6.45, 7) is 0. The quantitative estimate of drug-likeness (QED) is 0.803. The fourth-order valence-corrected chi connectivity index (χ4v) is 2.65. The van der Waals surface area contributed by atoms with Crippen LogP contribution in [0.1, 0.15) is 17.2 Å². The van der Waals surface area contributed by atoms with E-state index in [-0.39, 0.29) is 17.3 Å². The third-order valence-corrected chi connectivity index (χ3v) is 3.71. The van der Waals surface area contributed by atoms with Gasteiger partial charge in [0.15, 0.2) is 0 Å². The maximum atomic E-state index is 12.2. The molecule has 21 heavy (non-hydrogen) atoms. The summed E-state index contributed by atoms with van der Waals surface area (Å²) in [5, 5.41) is 2.88. The highest BCUT2D eigenvalue weighted by Gasteiger charge is 2.17. The van der Waals surface area contributed by atoms with Crippen molar-refractivity contribution in [3.05, 3.63) is 70.2 Å². The number of nitrogens with one attached hydrogen (secondary N) is 1. The molecule has 0 aliphatic carbocycles. The molecule has 0 bridgehead atoms. The third-order valence-electron chi connectivity index (χ3n) is 2.98. The maximum Gasteiger partial charge on any atom is 0.225 e. The van der Waals surface area contributed by atoms with Crippen molar-refractivity contribution < 1.29 is 4.79 Å². The molecule has 0 saturated heterocycles. The molecule has 2 aromatic rings. The van der Waals surface area contributed by atoms with E-state index in [2.05, 4.69) is 21.2 Å². The molecule has 108 valence electrons. The van der Waals surface area contributed by atoms with Gasteiger partial charge in [-0.25, -0.2) is 0 Å². The molecule has 3 N–H and O–H groups in total. The van der Waals surface area contributed by atoms with Crippen molar-refractivity contribution in [1.29, 1.82) is 0 Å². The average Bonchev–Trinajstić information content (AvgIpc) is 2.45. The zero-order chi connectivity index (χ0) is 15.2. The van der Waals surface area contributed by atoms with Crippen molar-refractivity contribution >= 4 is 39.0 Å². The predicted octanol–water partition coefficient (Wildman–Crippen LogP) is 3.14. The van der Waals surface area contributed by atoms with Crippen LogP contribution >= 0.6 is 28.1 Å². The monoisotopic (exact) mass is 362 g/mol. The molecule has 0 aromatic heterocycles. The Balaban J connectivity index is 2.07. The van der Waals surface area contributed by atoms with Crippen molar-refractivity contribution in [2.45, 2.75) is 12.5 Å². The Kier molecular flexibility index (Phi) is 5.47. The number of hydrogen-bond acceptors (Lipinski definition) is 2. The van der Waals surface area contributed by atoms with Gasteiger partial charge in [0.1, 0.15) is 11.0 Å². The van der Waals surface area contributed by atoms with Crippen LogP contribution in [-0.4, -0.2) is 10.9 Å². The van der Waals surface area contributed by atoms with Gasteiger partial charge in [-0.15, -0.1) is 0 Å². The van der Waals surface area contributed by atoms with E-state index in [1.54, 1.807) is 0 Å². The first-order valence-electron chi connectivity index (χ1n) is 6.44. The normalized spacial score (nSPS) is 11.7. The van der Waals surface area contributed by atoms with Crippen LogP contribution in [0.25, 0.3) is 0 Å². The molecule has 1 amide bonds. The van der Waals surface area contributed by atoms with Gasteiger partial charge in [-0.1, -0.05) is 70.6 Å². The van der Waals surface area contributed by atoms with E-state index in [1.807, 2.05) is 54.6 Å². The summed E-state index contributed by atoms with van der Waals surface area (Å²) in [5.74, 6) is -0.116. The zero-order valence-electron chi connectivity index (χ0n) is 11.3. The van der Waals surface area contributed by atoms with Crippen molar-refractivity contribution in [2.24, 2.45) is 5.73 Å². The number of rotatable bonds is 5. The van der Waals surface area contributed by atoms with Crippen LogP contribution in [0.3, 0.4) is 0 Å². The van der Waals surface area contributed by atoms with Crippen LogP contribution in [0.2, 0.25) is 0 Å². The molecule has 2 aromatic carbocycles. The van der Waals surface area contributed by atoms with Crippen LogP contribution in [0.15, 0.2) is 59.1 Å². The summed E-state index contributed by atoms with van der Waals surface area (Å²) in [6, 6.07) is 16.7. The second-order valence-corrected chi connectivity index (χ2v) is 6.01. The van der Waals surface area contributed by atoms with Gasteiger partial charge in [-0.05, 0) is 23.3 Å². The van der Waals surface area contributed by atoms with Crippen LogP contribution in [-0.2, 0) is 11.2 Å². The van der Waals surface area contributed by atoms with E-state index >= 15 is 0 Å². The van der Waals surface area contributed by atoms with Gasteiger partial charge >= 0.3 is 0 Å². The molecule has 5 heteroatoms. The van der Waals surface area contributed by atoms with Crippen molar-refractivity contribution in [3.63, 3.8) is 0 Å². The van der Waals surface area contributed by atoms with Gasteiger partial charge in [0.05, 0.1) is 6.42 Å². The summed E-state index contributed by atoms with van der Waals surface area (Å²) >= 11 is 8.45. The van der Waals surface area contributed by atoms with Crippen LogP contribution in [0.5, 0.6) is 0 Å². The van der Waals surface area contributed by atoms with Gasteiger partial charge in [0, 0.05) is 4.47 Å². The number of hydrogen-bond donors (Lipinski definition) is 2. The number of halogens is 1. The summed E-state index contributed by atoms with van der Waals surface area (Å²) in [6.07, 6.45) is 0.283. The Hall–Kier alpha value is -1.72. The fourth-order valence-electron chi connectivity index (χ4n) is 2.01. The van der Waals surface area contributed by atoms with Crippen molar-refractivity contribution in [2.75, 3.05) is 0 Å². The Bertz CT molecular complexity index is 646. The van der Waals surface area contributed by atoms with Gasteiger partial charge in [-0.3, -0.25) is 4.79 Å². The minimum atomic E-state index is -0.444. The average molecular weight is 363 g/mol. The van der Waals surface area contributed by atoms with Crippen LogP contribution < -0.4 is 11.1 Å². The highest BCUT2D eigenvalue weighted by Crippen LogP contribution is 2.15. The fraction of sp³-hybridized carbons (Fsp3) is 0.125. The summed E-state index contributed by atoms with van der Waals surface area (Å²) in [7, 11) is 0. The molecule has 0 aliphatic rings. The lowest BCUT2D eigenvalue weighted by atomic mass is 10.1. The molecule has 1 atom stereocenters. The Morgan fingerprint density at radius 1 is 1.19 bits per heavy atom. The minimum absolute atomic E-state index is 0.116. The second kappa shape index (κ2) is 7.33. The molecule has 0 radical (unpaired) electrons. The van der Waals surface area contributed by atoms with E-state index in [9.17, 15) is 4.79 Å². The zero-order valence-corrected chi connectivity index (χ0v) is 13.7. The van der Waals surface area contributed by atoms with Crippen LogP contribution in [0.4, 0.5) is 0 Å². The SMILES string of the molecule is NC(=S)C(NC(=O)Cc1cccc(Br)c1)c1ccccc1. The van der Waals surface area contributed by atoms with Gasteiger partial charge in [0.2, 0.25) is 5.91 Å². The lowest BCUT2D eigenvalue weighted by molar-refractivity contribution is -0.120. The first-order valence-corrected chi connectivity index (χ1v) is 7.64. The van der Waals surface area contributed by atoms with E-state index in [4.69, 9.17) is 18.0 Å². The van der Waals surface area contributed by atoms with E-state index in [0.717, 1.165) is 15.6 Å². The van der Waals surface area contributed by atoms with Crippen molar-refractivity contribution in [3.8, 4) is 0 Å². The molecule has 0 spiro atoms. The molecule has 0 saturated carbocycles. The third kappa shape index (κ3) is 4.65. The highest BCUT2D eigenvalue weighted by molar-refractivity contribution is 9.10. The molecule has 0 fully saturated rings. The number of carbonyl (C=O) groups is 1. The lowest BCUT2D eigenvalue weighted by Crippen LogP contribution is -2.37. The molecule has 2 rings (SSSR count).